The van der Waals surface area contributed by atoms with E-state index in [1.165, 1.54) is 0 Å². The summed E-state index contributed by atoms with van der Waals surface area (Å²) in [4.78, 5) is 12.9. The predicted molar refractivity (Wildman–Crippen MR) is 57.3 cm³/mol. The van der Waals surface area contributed by atoms with Crippen molar-refractivity contribution < 1.29 is 4.79 Å². The molecule has 1 rings (SSSR count). The molecule has 0 aromatic heterocycles. The highest BCUT2D eigenvalue weighted by molar-refractivity contribution is 5.73. The molecule has 1 aliphatic rings. The summed E-state index contributed by atoms with van der Waals surface area (Å²) in [5.74, 6) is 0. The molecule has 2 amide bonds. The highest BCUT2D eigenvalue weighted by atomic mass is 16.2. The van der Waals surface area contributed by atoms with Gasteiger partial charge in [-0.25, -0.2) is 4.79 Å². The Morgan fingerprint density at radius 2 is 1.64 bits per heavy atom. The van der Waals surface area contributed by atoms with Gasteiger partial charge in [0.1, 0.15) is 0 Å². The average Bonchev–Trinajstić information content (AvgIpc) is 2.19. The standard InChI is InChI=1S/C10H21N3O/c1-11-8-4-6-9(7-5-8)12-10(14)13(2)3/h8-9,11H,4-7H2,1-3H3,(H,12,14). The molecule has 0 unspecified atom stereocenters. The number of hydrogen-bond donors (Lipinski definition) is 2. The van der Waals surface area contributed by atoms with E-state index in [1.807, 2.05) is 7.05 Å². The number of urea groups is 1. The molecule has 0 radical (unpaired) electrons. The van der Waals surface area contributed by atoms with Crippen LogP contribution < -0.4 is 10.6 Å². The number of nitrogens with zero attached hydrogens (tertiary/aromatic N) is 1. The van der Waals surface area contributed by atoms with E-state index in [4.69, 9.17) is 0 Å². The lowest BCUT2D eigenvalue weighted by atomic mass is 9.91. The molecule has 2 N–H and O–H groups in total. The van der Waals surface area contributed by atoms with Crippen molar-refractivity contribution in [2.24, 2.45) is 0 Å². The van der Waals surface area contributed by atoms with Crippen molar-refractivity contribution in [1.29, 1.82) is 0 Å². The number of amides is 2. The Hall–Kier alpha value is -0.770. The SMILES string of the molecule is CNC1CCC(NC(=O)N(C)C)CC1. The molecule has 1 saturated carbocycles. The van der Waals surface area contributed by atoms with E-state index in [0.29, 0.717) is 12.1 Å². The number of carbonyl (C=O) groups excluding carboxylic acids is 1. The highest BCUT2D eigenvalue weighted by Crippen LogP contribution is 2.18. The van der Waals surface area contributed by atoms with Crippen molar-refractivity contribution in [3.8, 4) is 0 Å². The average molecular weight is 199 g/mol. The zero-order chi connectivity index (χ0) is 10.6. The summed E-state index contributed by atoms with van der Waals surface area (Å²) in [5.41, 5.74) is 0. The van der Waals surface area contributed by atoms with E-state index in [1.54, 1.807) is 19.0 Å². The first-order valence-electron chi connectivity index (χ1n) is 5.28. The zero-order valence-corrected chi connectivity index (χ0v) is 9.34. The van der Waals surface area contributed by atoms with Crippen LogP contribution in [0.25, 0.3) is 0 Å². The van der Waals surface area contributed by atoms with Crippen LogP contribution in [0.2, 0.25) is 0 Å². The monoisotopic (exact) mass is 199 g/mol. The van der Waals surface area contributed by atoms with E-state index in [-0.39, 0.29) is 6.03 Å². The van der Waals surface area contributed by atoms with Crippen molar-refractivity contribution in [3.05, 3.63) is 0 Å². The maximum absolute atomic E-state index is 11.4. The first-order valence-corrected chi connectivity index (χ1v) is 5.28. The summed E-state index contributed by atoms with van der Waals surface area (Å²) in [6, 6.07) is 1.04. The first-order chi connectivity index (χ1) is 6.63. The highest BCUT2D eigenvalue weighted by Gasteiger charge is 2.21. The van der Waals surface area contributed by atoms with Gasteiger partial charge in [0.15, 0.2) is 0 Å². The normalized spacial score (nSPS) is 27.1. The van der Waals surface area contributed by atoms with Gasteiger partial charge in [-0.05, 0) is 32.7 Å². The van der Waals surface area contributed by atoms with Crippen molar-refractivity contribution in [3.63, 3.8) is 0 Å². The molecule has 1 fully saturated rings. The van der Waals surface area contributed by atoms with Crippen molar-refractivity contribution in [2.45, 2.75) is 37.8 Å². The Kier molecular flexibility index (Phi) is 4.20. The summed E-state index contributed by atoms with van der Waals surface area (Å²) in [7, 11) is 5.55. The van der Waals surface area contributed by atoms with Gasteiger partial charge in [0, 0.05) is 26.2 Å². The van der Waals surface area contributed by atoms with E-state index in [9.17, 15) is 4.79 Å². The molecular formula is C10H21N3O. The third kappa shape index (κ3) is 3.18. The number of rotatable bonds is 2. The van der Waals surface area contributed by atoms with E-state index in [2.05, 4.69) is 10.6 Å². The second kappa shape index (κ2) is 5.20. The van der Waals surface area contributed by atoms with Gasteiger partial charge in [-0.3, -0.25) is 0 Å². The molecule has 82 valence electrons. The first kappa shape index (κ1) is 11.3. The summed E-state index contributed by atoms with van der Waals surface area (Å²) in [6.45, 7) is 0. The van der Waals surface area contributed by atoms with Gasteiger partial charge in [-0.15, -0.1) is 0 Å². The third-order valence-corrected chi connectivity index (χ3v) is 2.87. The van der Waals surface area contributed by atoms with Crippen LogP contribution in [0.15, 0.2) is 0 Å². The van der Waals surface area contributed by atoms with E-state index in [0.717, 1.165) is 25.7 Å². The second-order valence-electron chi connectivity index (χ2n) is 4.18. The maximum atomic E-state index is 11.4. The van der Waals surface area contributed by atoms with Gasteiger partial charge >= 0.3 is 6.03 Å². The Morgan fingerprint density at radius 1 is 1.14 bits per heavy atom. The fourth-order valence-electron chi connectivity index (χ4n) is 1.83. The summed E-state index contributed by atoms with van der Waals surface area (Å²) in [5, 5.41) is 6.30. The third-order valence-electron chi connectivity index (χ3n) is 2.87. The van der Waals surface area contributed by atoms with Crippen LogP contribution in [0.5, 0.6) is 0 Å². The van der Waals surface area contributed by atoms with Crippen LogP contribution in [-0.2, 0) is 0 Å². The van der Waals surface area contributed by atoms with Crippen LogP contribution in [0.4, 0.5) is 4.79 Å². The van der Waals surface area contributed by atoms with Gasteiger partial charge in [0.25, 0.3) is 0 Å². The lowest BCUT2D eigenvalue weighted by molar-refractivity contribution is 0.206. The lowest BCUT2D eigenvalue weighted by Gasteiger charge is -2.29. The number of carbonyl (C=O) groups is 1. The Balaban J connectivity index is 2.25. The molecule has 0 spiro atoms. The molecular weight excluding hydrogens is 178 g/mol. The zero-order valence-electron chi connectivity index (χ0n) is 9.34. The van der Waals surface area contributed by atoms with Gasteiger partial charge < -0.3 is 15.5 Å². The molecule has 4 heteroatoms. The van der Waals surface area contributed by atoms with Gasteiger partial charge in [0.05, 0.1) is 0 Å². The maximum Gasteiger partial charge on any atom is 0.317 e. The summed E-state index contributed by atoms with van der Waals surface area (Å²) in [6.07, 6.45) is 4.50. The van der Waals surface area contributed by atoms with Crippen LogP contribution in [-0.4, -0.2) is 44.2 Å². The molecule has 0 aromatic carbocycles. The smallest absolute Gasteiger partial charge is 0.317 e. The molecule has 4 nitrogen and oxygen atoms in total. The Bertz CT molecular complexity index is 186. The van der Waals surface area contributed by atoms with Crippen LogP contribution in [0, 0.1) is 0 Å². The minimum absolute atomic E-state index is 0.0258. The second-order valence-corrected chi connectivity index (χ2v) is 4.18. The van der Waals surface area contributed by atoms with Crippen LogP contribution in [0.3, 0.4) is 0 Å². The molecule has 0 aliphatic heterocycles. The van der Waals surface area contributed by atoms with E-state index < -0.39 is 0 Å². The number of nitrogens with one attached hydrogen (secondary N) is 2. The minimum atomic E-state index is 0.0258. The van der Waals surface area contributed by atoms with E-state index >= 15 is 0 Å². The molecule has 0 heterocycles. The quantitative estimate of drug-likeness (QED) is 0.690. The van der Waals surface area contributed by atoms with Crippen LogP contribution >= 0.6 is 0 Å². The molecule has 1 aliphatic carbocycles. The predicted octanol–water partition coefficient (Wildman–Crippen LogP) is 0.788. The molecule has 14 heavy (non-hydrogen) atoms. The van der Waals surface area contributed by atoms with Gasteiger partial charge in [0.2, 0.25) is 0 Å². The molecule has 0 bridgehead atoms. The minimum Gasteiger partial charge on any atom is -0.335 e. The van der Waals surface area contributed by atoms with Crippen molar-refractivity contribution >= 4 is 6.03 Å². The van der Waals surface area contributed by atoms with Gasteiger partial charge in [-0.2, -0.15) is 0 Å². The van der Waals surface area contributed by atoms with Crippen molar-refractivity contribution in [2.75, 3.05) is 21.1 Å². The fourth-order valence-corrected chi connectivity index (χ4v) is 1.83. The van der Waals surface area contributed by atoms with Crippen molar-refractivity contribution in [1.82, 2.24) is 15.5 Å². The fraction of sp³-hybridized carbons (Fsp3) is 0.900. The Morgan fingerprint density at radius 3 is 2.07 bits per heavy atom. The number of hydrogen-bond acceptors (Lipinski definition) is 2. The van der Waals surface area contributed by atoms with Crippen LogP contribution in [0.1, 0.15) is 25.7 Å². The lowest BCUT2D eigenvalue weighted by Crippen LogP contribution is -2.45. The summed E-state index contributed by atoms with van der Waals surface area (Å²) >= 11 is 0. The Labute approximate surface area is 86.0 Å². The van der Waals surface area contributed by atoms with Gasteiger partial charge in [-0.1, -0.05) is 0 Å². The molecule has 0 atom stereocenters. The molecule has 0 aromatic rings. The largest absolute Gasteiger partial charge is 0.335 e. The molecule has 0 saturated heterocycles. The summed E-state index contributed by atoms with van der Waals surface area (Å²) < 4.78 is 0. The topological polar surface area (TPSA) is 44.4 Å².